The Labute approximate surface area is 172 Å². The number of carbonyl (C=O) groups excluding carboxylic acids is 2. The number of aryl methyl sites for hydroxylation is 3. The fourth-order valence-electron chi connectivity index (χ4n) is 3.12. The summed E-state index contributed by atoms with van der Waals surface area (Å²) in [5, 5.41) is 19.8. The maximum absolute atomic E-state index is 12.7. The zero-order valence-corrected chi connectivity index (χ0v) is 16.9. The van der Waals surface area contributed by atoms with Gasteiger partial charge in [-0.2, -0.15) is 10.2 Å². The minimum Gasteiger partial charge on any atom is -0.550 e. The summed E-state index contributed by atoms with van der Waals surface area (Å²) in [5.74, 6) is -0.653. The Hall–Kier alpha value is -3.75. The van der Waals surface area contributed by atoms with Gasteiger partial charge in [-0.15, -0.1) is 0 Å². The fourth-order valence-corrected chi connectivity index (χ4v) is 3.12. The van der Waals surface area contributed by atoms with Gasteiger partial charge < -0.3 is 14.3 Å². The SMILES string of the molecule is CCn1nc(C(=O)N/N=C(/C)c2cc(CCC(=O)[O-])oc2C)c2ccccc2c1=O. The molecule has 0 aliphatic carbocycles. The van der Waals surface area contributed by atoms with E-state index >= 15 is 0 Å². The van der Waals surface area contributed by atoms with E-state index in [-0.39, 0.29) is 24.1 Å². The Balaban J connectivity index is 1.87. The number of hydrogen-bond donors (Lipinski definition) is 1. The lowest BCUT2D eigenvalue weighted by atomic mass is 10.1. The number of benzene rings is 1. The summed E-state index contributed by atoms with van der Waals surface area (Å²) < 4.78 is 6.78. The number of carbonyl (C=O) groups is 2. The van der Waals surface area contributed by atoms with Gasteiger partial charge in [-0.1, -0.05) is 18.2 Å². The third-order valence-corrected chi connectivity index (χ3v) is 4.64. The van der Waals surface area contributed by atoms with E-state index in [2.05, 4.69) is 15.6 Å². The molecule has 0 fully saturated rings. The number of carboxylic acid groups (broad SMARTS) is 1. The van der Waals surface area contributed by atoms with Crippen LogP contribution in [0.1, 0.15) is 47.8 Å². The van der Waals surface area contributed by atoms with E-state index in [0.29, 0.717) is 40.1 Å². The minimum absolute atomic E-state index is 0.0992. The first kappa shape index (κ1) is 21.0. The van der Waals surface area contributed by atoms with Crippen LogP contribution in [0.3, 0.4) is 0 Å². The van der Waals surface area contributed by atoms with Crippen molar-refractivity contribution >= 4 is 28.4 Å². The average molecular weight is 409 g/mol. The number of hydrogen-bond acceptors (Lipinski definition) is 7. The molecule has 0 radical (unpaired) electrons. The molecular formula is C21H21N4O5-. The summed E-state index contributed by atoms with van der Waals surface area (Å²) in [4.78, 5) is 35.8. The number of aliphatic carboxylic acids is 1. The number of nitrogens with zero attached hydrogens (tertiary/aromatic N) is 3. The molecule has 9 nitrogen and oxygen atoms in total. The lowest BCUT2D eigenvalue weighted by Gasteiger charge is -2.08. The second kappa shape index (κ2) is 8.73. The number of furan rings is 1. The van der Waals surface area contributed by atoms with Gasteiger partial charge in [0.05, 0.1) is 11.1 Å². The highest BCUT2D eigenvalue weighted by Crippen LogP contribution is 2.17. The van der Waals surface area contributed by atoms with Crippen molar-refractivity contribution in [2.45, 2.75) is 40.2 Å². The molecule has 0 bridgehead atoms. The van der Waals surface area contributed by atoms with Crippen molar-refractivity contribution in [3.8, 4) is 0 Å². The third-order valence-electron chi connectivity index (χ3n) is 4.64. The van der Waals surface area contributed by atoms with Gasteiger partial charge >= 0.3 is 0 Å². The number of fused-ring (bicyclic) bond motifs is 1. The van der Waals surface area contributed by atoms with Gasteiger partial charge in [-0.05, 0) is 39.3 Å². The van der Waals surface area contributed by atoms with Crippen molar-refractivity contribution in [3.05, 3.63) is 63.5 Å². The van der Waals surface area contributed by atoms with Crippen LogP contribution in [0, 0.1) is 6.92 Å². The predicted octanol–water partition coefficient (Wildman–Crippen LogP) is 1.15. The first-order valence-corrected chi connectivity index (χ1v) is 9.45. The molecule has 2 aromatic heterocycles. The molecule has 0 aliphatic heterocycles. The molecule has 30 heavy (non-hydrogen) atoms. The molecule has 1 aromatic carbocycles. The Morgan fingerprint density at radius 3 is 2.63 bits per heavy atom. The topological polar surface area (TPSA) is 130 Å². The normalized spacial score (nSPS) is 11.6. The highest BCUT2D eigenvalue weighted by molar-refractivity contribution is 6.06. The first-order chi connectivity index (χ1) is 14.3. The second-order valence-electron chi connectivity index (χ2n) is 6.71. The Morgan fingerprint density at radius 2 is 1.97 bits per heavy atom. The van der Waals surface area contributed by atoms with Crippen molar-refractivity contribution in [3.63, 3.8) is 0 Å². The zero-order chi connectivity index (χ0) is 21.8. The van der Waals surface area contributed by atoms with E-state index in [4.69, 9.17) is 4.42 Å². The second-order valence-corrected chi connectivity index (χ2v) is 6.71. The van der Waals surface area contributed by atoms with Crippen molar-refractivity contribution in [1.82, 2.24) is 15.2 Å². The minimum atomic E-state index is -1.16. The summed E-state index contributed by atoms with van der Waals surface area (Å²) in [6.45, 7) is 5.52. The summed E-state index contributed by atoms with van der Waals surface area (Å²) in [7, 11) is 0. The Kier molecular flexibility index (Phi) is 6.10. The molecule has 2 heterocycles. The number of nitrogens with one attached hydrogen (secondary N) is 1. The monoisotopic (exact) mass is 409 g/mol. The maximum Gasteiger partial charge on any atom is 0.292 e. The van der Waals surface area contributed by atoms with Crippen molar-refractivity contribution < 1.29 is 19.1 Å². The highest BCUT2D eigenvalue weighted by Gasteiger charge is 2.17. The average Bonchev–Trinajstić information content (AvgIpc) is 3.11. The smallest absolute Gasteiger partial charge is 0.292 e. The Morgan fingerprint density at radius 1 is 1.27 bits per heavy atom. The molecule has 1 N–H and O–H groups in total. The number of amides is 1. The summed E-state index contributed by atoms with van der Waals surface area (Å²) in [6, 6.07) is 8.47. The van der Waals surface area contributed by atoms with E-state index in [0.717, 1.165) is 0 Å². The van der Waals surface area contributed by atoms with Crippen molar-refractivity contribution in [2.75, 3.05) is 0 Å². The first-order valence-electron chi connectivity index (χ1n) is 9.45. The van der Waals surface area contributed by atoms with Crippen molar-refractivity contribution in [2.24, 2.45) is 5.10 Å². The number of rotatable bonds is 7. The Bertz CT molecular complexity index is 1210. The molecule has 0 unspecified atom stereocenters. The summed E-state index contributed by atoms with van der Waals surface area (Å²) in [6.07, 6.45) is 0.0580. The number of carboxylic acids is 1. The summed E-state index contributed by atoms with van der Waals surface area (Å²) in [5.41, 5.74) is 3.45. The van der Waals surface area contributed by atoms with Gasteiger partial charge in [-0.25, -0.2) is 10.1 Å². The van der Waals surface area contributed by atoms with Gasteiger partial charge in [0.25, 0.3) is 11.5 Å². The molecule has 9 heteroatoms. The molecule has 0 saturated heterocycles. The van der Waals surface area contributed by atoms with Crippen LogP contribution in [-0.2, 0) is 17.8 Å². The lowest BCUT2D eigenvalue weighted by Crippen LogP contribution is -2.28. The molecule has 0 saturated carbocycles. The van der Waals surface area contributed by atoms with Crippen LogP contribution in [-0.4, -0.2) is 27.4 Å². The van der Waals surface area contributed by atoms with E-state index in [1.165, 1.54) is 4.68 Å². The molecule has 0 spiro atoms. The van der Waals surface area contributed by atoms with Crippen LogP contribution in [0.2, 0.25) is 0 Å². The van der Waals surface area contributed by atoms with Crippen LogP contribution in [0.4, 0.5) is 0 Å². The lowest BCUT2D eigenvalue weighted by molar-refractivity contribution is -0.305. The molecule has 3 aromatic rings. The standard InChI is InChI=1S/C21H22N4O5/c1-4-25-21(29)16-8-6-5-7-15(16)19(24-25)20(28)23-22-12(2)17-11-14(30-13(17)3)9-10-18(26)27/h5-8,11H,4,9-10H2,1-3H3,(H,23,28)(H,26,27)/p-1/b22-12-. The van der Waals surface area contributed by atoms with Gasteiger partial charge in [0.1, 0.15) is 11.5 Å². The fraction of sp³-hybridized carbons (Fsp3) is 0.286. The van der Waals surface area contributed by atoms with E-state index in [1.807, 2.05) is 0 Å². The van der Waals surface area contributed by atoms with Crippen molar-refractivity contribution in [1.29, 1.82) is 0 Å². The third kappa shape index (κ3) is 4.29. The highest BCUT2D eigenvalue weighted by atomic mass is 16.4. The zero-order valence-electron chi connectivity index (χ0n) is 16.9. The molecular weight excluding hydrogens is 388 g/mol. The van der Waals surface area contributed by atoms with E-state index < -0.39 is 11.9 Å². The summed E-state index contributed by atoms with van der Waals surface area (Å²) >= 11 is 0. The molecule has 1 amide bonds. The van der Waals surface area contributed by atoms with Crippen LogP contribution < -0.4 is 16.1 Å². The van der Waals surface area contributed by atoms with Crippen LogP contribution in [0.15, 0.2) is 44.6 Å². The molecule has 3 rings (SSSR count). The van der Waals surface area contributed by atoms with E-state index in [9.17, 15) is 19.5 Å². The molecule has 156 valence electrons. The largest absolute Gasteiger partial charge is 0.550 e. The van der Waals surface area contributed by atoms with Gasteiger partial charge in [0.2, 0.25) is 0 Å². The molecule has 0 aliphatic rings. The van der Waals surface area contributed by atoms with E-state index in [1.54, 1.807) is 51.1 Å². The van der Waals surface area contributed by atoms with Gasteiger partial charge in [-0.3, -0.25) is 9.59 Å². The van der Waals surface area contributed by atoms with Crippen LogP contribution in [0.25, 0.3) is 10.8 Å². The number of hydrazone groups is 1. The van der Waals surface area contributed by atoms with Gasteiger partial charge in [0.15, 0.2) is 5.69 Å². The molecule has 0 atom stereocenters. The number of aromatic nitrogens is 2. The predicted molar refractivity (Wildman–Crippen MR) is 108 cm³/mol. The maximum atomic E-state index is 12.7. The van der Waals surface area contributed by atoms with Crippen LogP contribution in [0.5, 0.6) is 0 Å². The van der Waals surface area contributed by atoms with Crippen LogP contribution >= 0.6 is 0 Å². The quantitative estimate of drug-likeness (QED) is 0.460. The van der Waals surface area contributed by atoms with Gasteiger partial charge in [0, 0.05) is 29.9 Å².